The van der Waals surface area contributed by atoms with E-state index in [1.54, 1.807) is 19.3 Å². The SMILES string of the molecule is CCC1CC(=O)NC1COc1ncc(C#C[C@H]2CC[C@H](CO)CC2)c2cc(C(=O)NC)ccc12. The second-order valence-electron chi connectivity index (χ2n) is 9.34. The van der Waals surface area contributed by atoms with Gasteiger partial charge in [0.1, 0.15) is 6.61 Å². The van der Waals surface area contributed by atoms with Gasteiger partial charge in [-0.15, -0.1) is 0 Å². The largest absolute Gasteiger partial charge is 0.475 e. The fourth-order valence-electron chi connectivity index (χ4n) is 4.92. The number of aromatic nitrogens is 1. The Kier molecular flexibility index (Phi) is 7.69. The van der Waals surface area contributed by atoms with Crippen LogP contribution in [0.2, 0.25) is 0 Å². The lowest BCUT2D eigenvalue weighted by Crippen LogP contribution is -2.34. The third kappa shape index (κ3) is 5.34. The van der Waals surface area contributed by atoms with Gasteiger partial charge in [0.05, 0.1) is 11.6 Å². The molecule has 3 N–H and O–H groups in total. The van der Waals surface area contributed by atoms with Crippen LogP contribution in [0, 0.1) is 29.6 Å². The van der Waals surface area contributed by atoms with Crippen molar-refractivity contribution in [3.63, 3.8) is 0 Å². The maximum absolute atomic E-state index is 12.3. The molecule has 180 valence electrons. The summed E-state index contributed by atoms with van der Waals surface area (Å²) in [6, 6.07) is 5.41. The smallest absolute Gasteiger partial charge is 0.251 e. The average molecular weight is 464 g/mol. The molecule has 0 spiro atoms. The molecule has 2 fully saturated rings. The molecule has 2 aromatic rings. The molecule has 7 nitrogen and oxygen atoms in total. The van der Waals surface area contributed by atoms with Crippen LogP contribution in [-0.2, 0) is 4.79 Å². The van der Waals surface area contributed by atoms with Gasteiger partial charge in [0, 0.05) is 48.5 Å². The molecule has 2 aliphatic rings. The first kappa shape index (κ1) is 24.0. The summed E-state index contributed by atoms with van der Waals surface area (Å²) < 4.78 is 6.09. The Morgan fingerprint density at radius 2 is 2.06 bits per heavy atom. The molecule has 1 aromatic heterocycles. The standard InChI is InChI=1S/C27H33N3O4/c1-3-19-13-25(32)30-24(19)16-34-27-22-11-10-20(26(33)28-2)12-23(22)21(14-29-27)9-8-17-4-6-18(15-31)7-5-17/h10-12,14,17-19,24,31H,3-7,13,15-16H2,1-2H3,(H,28,33)(H,30,32)/t17-,18-,19?,24?. The van der Waals surface area contributed by atoms with Crippen LogP contribution in [0.25, 0.3) is 10.8 Å². The quantitative estimate of drug-likeness (QED) is 0.572. The Bertz CT molecular complexity index is 1110. The number of rotatable bonds is 6. The highest BCUT2D eigenvalue weighted by Gasteiger charge is 2.31. The number of hydrogen-bond acceptors (Lipinski definition) is 5. The first-order valence-electron chi connectivity index (χ1n) is 12.2. The normalized spacial score (nSPS) is 24.3. The summed E-state index contributed by atoms with van der Waals surface area (Å²) in [6.45, 7) is 2.68. The van der Waals surface area contributed by atoms with E-state index >= 15 is 0 Å². The maximum Gasteiger partial charge on any atom is 0.251 e. The van der Waals surface area contributed by atoms with Gasteiger partial charge in [-0.3, -0.25) is 9.59 Å². The molecule has 34 heavy (non-hydrogen) atoms. The van der Waals surface area contributed by atoms with Crippen molar-refractivity contribution in [3.05, 3.63) is 35.5 Å². The highest BCUT2D eigenvalue weighted by Crippen LogP contribution is 2.30. The van der Waals surface area contributed by atoms with Gasteiger partial charge < -0.3 is 20.5 Å². The summed E-state index contributed by atoms with van der Waals surface area (Å²) in [7, 11) is 1.61. The molecule has 0 radical (unpaired) electrons. The van der Waals surface area contributed by atoms with Crippen LogP contribution in [-0.4, -0.2) is 48.2 Å². The van der Waals surface area contributed by atoms with Crippen LogP contribution in [0.4, 0.5) is 0 Å². The predicted molar refractivity (Wildman–Crippen MR) is 130 cm³/mol. The maximum atomic E-state index is 12.3. The van der Waals surface area contributed by atoms with E-state index in [0.29, 0.717) is 36.3 Å². The number of pyridine rings is 1. The van der Waals surface area contributed by atoms with Crippen LogP contribution in [0.5, 0.6) is 5.88 Å². The Balaban J connectivity index is 1.61. The number of carbonyl (C=O) groups excluding carboxylic acids is 2. The zero-order chi connectivity index (χ0) is 24.1. The van der Waals surface area contributed by atoms with E-state index < -0.39 is 0 Å². The Hall–Kier alpha value is -3.11. The van der Waals surface area contributed by atoms with Crippen molar-refractivity contribution >= 4 is 22.6 Å². The summed E-state index contributed by atoms with van der Waals surface area (Å²) in [5.74, 6) is 8.01. The molecule has 1 saturated heterocycles. The molecular formula is C27H33N3O4. The predicted octanol–water partition coefficient (Wildman–Crippen LogP) is 3.04. The van der Waals surface area contributed by atoms with E-state index in [-0.39, 0.29) is 30.4 Å². The number of carbonyl (C=O) groups is 2. The number of aliphatic hydroxyl groups is 1. The van der Waals surface area contributed by atoms with Crippen molar-refractivity contribution in [2.45, 2.75) is 51.5 Å². The number of ether oxygens (including phenoxy) is 1. The highest BCUT2D eigenvalue weighted by molar-refractivity contribution is 6.01. The fraction of sp³-hybridized carbons (Fsp3) is 0.519. The molecule has 2 amide bonds. The van der Waals surface area contributed by atoms with Gasteiger partial charge >= 0.3 is 0 Å². The lowest BCUT2D eigenvalue weighted by atomic mass is 9.82. The lowest BCUT2D eigenvalue weighted by molar-refractivity contribution is -0.119. The monoisotopic (exact) mass is 463 g/mol. The number of aliphatic hydroxyl groups excluding tert-OH is 1. The minimum absolute atomic E-state index is 0.0343. The van der Waals surface area contributed by atoms with Crippen LogP contribution < -0.4 is 15.4 Å². The summed E-state index contributed by atoms with van der Waals surface area (Å²) in [5, 5.41) is 16.6. The summed E-state index contributed by atoms with van der Waals surface area (Å²) in [6.07, 6.45) is 7.12. The molecule has 4 rings (SSSR count). The van der Waals surface area contributed by atoms with Crippen molar-refractivity contribution < 1.29 is 19.4 Å². The summed E-state index contributed by atoms with van der Waals surface area (Å²) >= 11 is 0. The van der Waals surface area contributed by atoms with Crippen molar-refractivity contribution in [2.24, 2.45) is 17.8 Å². The molecule has 2 atom stereocenters. The average Bonchev–Trinajstić information content (AvgIpc) is 3.25. The minimum Gasteiger partial charge on any atom is -0.475 e. The summed E-state index contributed by atoms with van der Waals surface area (Å²) in [4.78, 5) is 28.6. The number of nitrogens with one attached hydrogen (secondary N) is 2. The molecular weight excluding hydrogens is 430 g/mol. The Morgan fingerprint density at radius 1 is 1.26 bits per heavy atom. The molecule has 0 bridgehead atoms. The van der Waals surface area contributed by atoms with Gasteiger partial charge in [-0.2, -0.15) is 0 Å². The van der Waals surface area contributed by atoms with Gasteiger partial charge in [0.15, 0.2) is 0 Å². The van der Waals surface area contributed by atoms with E-state index in [4.69, 9.17) is 4.74 Å². The molecule has 2 heterocycles. The fourth-order valence-corrected chi connectivity index (χ4v) is 4.92. The van der Waals surface area contributed by atoms with Crippen LogP contribution in [0.3, 0.4) is 0 Å². The van der Waals surface area contributed by atoms with Gasteiger partial charge in [0.2, 0.25) is 11.8 Å². The topological polar surface area (TPSA) is 101 Å². The lowest BCUT2D eigenvalue weighted by Gasteiger charge is -2.23. The van der Waals surface area contributed by atoms with Gasteiger partial charge in [-0.1, -0.05) is 25.2 Å². The number of hydrogen-bond donors (Lipinski definition) is 3. The molecule has 1 aliphatic carbocycles. The second-order valence-corrected chi connectivity index (χ2v) is 9.34. The van der Waals surface area contributed by atoms with Gasteiger partial charge in [-0.25, -0.2) is 4.98 Å². The highest BCUT2D eigenvalue weighted by atomic mass is 16.5. The van der Waals surface area contributed by atoms with E-state index in [0.717, 1.165) is 48.4 Å². The van der Waals surface area contributed by atoms with Crippen LogP contribution in [0.15, 0.2) is 24.4 Å². The Morgan fingerprint density at radius 3 is 2.76 bits per heavy atom. The number of nitrogens with zero attached hydrogens (tertiary/aromatic N) is 1. The third-order valence-electron chi connectivity index (χ3n) is 7.14. The van der Waals surface area contributed by atoms with Crippen molar-refractivity contribution in [1.29, 1.82) is 0 Å². The van der Waals surface area contributed by atoms with E-state index in [1.807, 2.05) is 12.1 Å². The Labute approximate surface area is 200 Å². The number of benzene rings is 1. The first-order chi connectivity index (χ1) is 16.5. The molecule has 1 aliphatic heterocycles. The third-order valence-corrected chi connectivity index (χ3v) is 7.14. The van der Waals surface area contributed by atoms with E-state index in [1.165, 1.54) is 0 Å². The van der Waals surface area contributed by atoms with Crippen molar-refractivity contribution in [3.8, 4) is 17.7 Å². The molecule has 7 heteroatoms. The van der Waals surface area contributed by atoms with E-state index in [2.05, 4.69) is 34.4 Å². The molecule has 1 saturated carbocycles. The zero-order valence-electron chi connectivity index (χ0n) is 19.9. The summed E-state index contributed by atoms with van der Waals surface area (Å²) in [5.41, 5.74) is 1.31. The van der Waals surface area contributed by atoms with Crippen LogP contribution >= 0.6 is 0 Å². The second kappa shape index (κ2) is 10.9. The van der Waals surface area contributed by atoms with Crippen LogP contribution in [0.1, 0.15) is 61.4 Å². The molecule has 2 unspecified atom stereocenters. The van der Waals surface area contributed by atoms with Gasteiger partial charge in [0.25, 0.3) is 5.91 Å². The van der Waals surface area contributed by atoms with Crippen molar-refractivity contribution in [2.75, 3.05) is 20.3 Å². The zero-order valence-corrected chi connectivity index (χ0v) is 19.9. The number of amides is 2. The first-order valence-corrected chi connectivity index (χ1v) is 12.2. The van der Waals surface area contributed by atoms with Gasteiger partial charge in [-0.05, 0) is 55.7 Å². The number of fused-ring (bicyclic) bond motifs is 1. The minimum atomic E-state index is -0.165. The van der Waals surface area contributed by atoms with Crippen molar-refractivity contribution in [1.82, 2.24) is 15.6 Å². The van der Waals surface area contributed by atoms with E-state index in [9.17, 15) is 14.7 Å². The molecule has 1 aromatic carbocycles.